The zero-order valence-corrected chi connectivity index (χ0v) is 19.3. The van der Waals surface area contributed by atoms with E-state index in [0.717, 1.165) is 85.4 Å². The topological polar surface area (TPSA) is 116 Å². The van der Waals surface area contributed by atoms with Gasteiger partial charge in [0, 0.05) is 56.1 Å². The number of anilines is 2. The Hall–Kier alpha value is -3.69. The van der Waals surface area contributed by atoms with Crippen LogP contribution in [0.5, 0.6) is 0 Å². The third-order valence-electron chi connectivity index (χ3n) is 7.13. The van der Waals surface area contributed by atoms with E-state index in [2.05, 4.69) is 25.6 Å². The van der Waals surface area contributed by atoms with Crippen molar-refractivity contribution in [1.29, 1.82) is 0 Å². The summed E-state index contributed by atoms with van der Waals surface area (Å²) < 4.78 is 1.74. The molecule has 1 saturated heterocycles. The van der Waals surface area contributed by atoms with Crippen LogP contribution in [0.4, 0.5) is 11.8 Å². The van der Waals surface area contributed by atoms with Crippen molar-refractivity contribution in [1.82, 2.24) is 34.4 Å². The van der Waals surface area contributed by atoms with Gasteiger partial charge in [0.15, 0.2) is 5.65 Å². The number of nitrogens with one attached hydrogen (secondary N) is 3. The summed E-state index contributed by atoms with van der Waals surface area (Å²) >= 11 is 0. The van der Waals surface area contributed by atoms with Gasteiger partial charge >= 0.3 is 0 Å². The fraction of sp³-hybridized carbons (Fsp3) is 0.458. The number of rotatable bonds is 5. The molecule has 4 aromatic rings. The van der Waals surface area contributed by atoms with E-state index >= 15 is 0 Å². The monoisotopic (exact) mass is 459 g/mol. The van der Waals surface area contributed by atoms with E-state index in [-0.39, 0.29) is 12.0 Å². The van der Waals surface area contributed by atoms with Crippen molar-refractivity contribution >= 4 is 34.4 Å². The van der Waals surface area contributed by atoms with Crippen LogP contribution < -0.4 is 10.6 Å². The number of aromatic nitrogens is 6. The molecular weight excluding hydrogens is 430 g/mol. The van der Waals surface area contributed by atoms with Gasteiger partial charge in [0.25, 0.3) is 0 Å². The molecule has 34 heavy (non-hydrogen) atoms. The molecule has 5 heterocycles. The lowest BCUT2D eigenvalue weighted by Gasteiger charge is -2.30. The van der Waals surface area contributed by atoms with Crippen LogP contribution in [0.25, 0.3) is 27.9 Å². The molecule has 176 valence electrons. The van der Waals surface area contributed by atoms with Gasteiger partial charge in [-0.1, -0.05) is 0 Å². The average molecular weight is 460 g/mol. The summed E-state index contributed by atoms with van der Waals surface area (Å²) in [6, 6.07) is 4.09. The Bertz CT molecular complexity index is 1330. The molecule has 10 heteroatoms. The summed E-state index contributed by atoms with van der Waals surface area (Å²) in [5, 5.41) is 11.9. The second kappa shape index (κ2) is 8.58. The third kappa shape index (κ3) is 3.72. The SMILES string of the molecule is CNc1nc(N[C@H]2CC[C@H](C(=O)N3CCCC3)CC2)nc2[nH]cc(-c3ccn4nccc4n3)c12. The van der Waals surface area contributed by atoms with Crippen LogP contribution in [-0.2, 0) is 4.79 Å². The number of H-pyrrole nitrogens is 1. The maximum absolute atomic E-state index is 12.7. The van der Waals surface area contributed by atoms with Crippen LogP contribution in [0.15, 0.2) is 30.7 Å². The number of fused-ring (bicyclic) bond motifs is 2. The quantitative estimate of drug-likeness (QED) is 0.419. The molecule has 1 amide bonds. The van der Waals surface area contributed by atoms with Crippen molar-refractivity contribution in [3.05, 3.63) is 30.7 Å². The molecule has 10 nitrogen and oxygen atoms in total. The molecule has 2 aliphatic rings. The van der Waals surface area contributed by atoms with E-state index < -0.39 is 0 Å². The van der Waals surface area contributed by atoms with E-state index in [4.69, 9.17) is 15.0 Å². The van der Waals surface area contributed by atoms with Gasteiger partial charge in [-0.2, -0.15) is 15.1 Å². The van der Waals surface area contributed by atoms with Crippen molar-refractivity contribution in [2.24, 2.45) is 5.92 Å². The largest absolute Gasteiger partial charge is 0.372 e. The fourth-order valence-corrected chi connectivity index (χ4v) is 5.31. The minimum atomic E-state index is 0.166. The van der Waals surface area contributed by atoms with E-state index in [1.165, 1.54) is 0 Å². The van der Waals surface area contributed by atoms with Crippen LogP contribution in [0, 0.1) is 5.92 Å². The van der Waals surface area contributed by atoms with E-state index in [1.54, 1.807) is 10.7 Å². The van der Waals surface area contributed by atoms with Crippen molar-refractivity contribution < 1.29 is 4.79 Å². The van der Waals surface area contributed by atoms with Crippen LogP contribution in [0.1, 0.15) is 38.5 Å². The fourth-order valence-electron chi connectivity index (χ4n) is 5.31. The molecule has 0 spiro atoms. The second-order valence-electron chi connectivity index (χ2n) is 9.24. The molecule has 3 N–H and O–H groups in total. The van der Waals surface area contributed by atoms with Gasteiger partial charge < -0.3 is 20.5 Å². The molecule has 0 unspecified atom stereocenters. The predicted molar refractivity (Wildman–Crippen MR) is 131 cm³/mol. The summed E-state index contributed by atoms with van der Waals surface area (Å²) in [7, 11) is 1.87. The molecule has 0 aromatic carbocycles. The number of carbonyl (C=O) groups excluding carboxylic acids is 1. The number of nitrogens with zero attached hydrogens (tertiary/aromatic N) is 6. The van der Waals surface area contributed by atoms with Crippen LogP contribution in [0.2, 0.25) is 0 Å². The first kappa shape index (κ1) is 20.9. The van der Waals surface area contributed by atoms with E-state index in [9.17, 15) is 4.79 Å². The van der Waals surface area contributed by atoms with E-state index in [0.29, 0.717) is 11.9 Å². The summed E-state index contributed by atoms with van der Waals surface area (Å²) in [5.41, 5.74) is 3.32. The van der Waals surface area contributed by atoms with Crippen LogP contribution in [-0.4, -0.2) is 66.5 Å². The molecule has 0 radical (unpaired) electrons. The van der Waals surface area contributed by atoms with Gasteiger partial charge in [0.1, 0.15) is 11.5 Å². The summed E-state index contributed by atoms with van der Waals surface area (Å²) in [5.74, 6) is 1.86. The number of amides is 1. The molecular formula is C24H29N9O. The zero-order valence-electron chi connectivity index (χ0n) is 19.3. The molecule has 1 aliphatic heterocycles. The van der Waals surface area contributed by atoms with Gasteiger partial charge in [-0.3, -0.25) is 4.79 Å². The summed E-state index contributed by atoms with van der Waals surface area (Å²) in [6.45, 7) is 1.86. The number of carbonyl (C=O) groups is 1. The lowest BCUT2D eigenvalue weighted by atomic mass is 9.85. The molecule has 0 bridgehead atoms. The molecule has 4 aromatic heterocycles. The van der Waals surface area contributed by atoms with Gasteiger partial charge in [0.05, 0.1) is 17.3 Å². The first-order chi connectivity index (χ1) is 16.7. The molecule has 0 atom stereocenters. The Morgan fingerprint density at radius 2 is 1.91 bits per heavy atom. The highest BCUT2D eigenvalue weighted by atomic mass is 16.2. The molecule has 6 rings (SSSR count). The van der Waals surface area contributed by atoms with Crippen molar-refractivity contribution in [3.8, 4) is 11.3 Å². The van der Waals surface area contributed by atoms with Crippen molar-refractivity contribution in [3.63, 3.8) is 0 Å². The van der Waals surface area contributed by atoms with Gasteiger partial charge in [-0.15, -0.1) is 0 Å². The normalized spacial score (nSPS) is 20.8. The number of aromatic amines is 1. The molecule has 2 fully saturated rings. The van der Waals surface area contributed by atoms with Crippen molar-refractivity contribution in [2.45, 2.75) is 44.6 Å². The average Bonchev–Trinajstić information content (AvgIpc) is 3.64. The number of likely N-dealkylation sites (tertiary alicyclic amines) is 1. The predicted octanol–water partition coefficient (Wildman–Crippen LogP) is 3.30. The number of hydrogen-bond acceptors (Lipinski definition) is 7. The first-order valence-electron chi connectivity index (χ1n) is 12.1. The highest BCUT2D eigenvalue weighted by Gasteiger charge is 2.31. The lowest BCUT2D eigenvalue weighted by molar-refractivity contribution is -0.135. The number of hydrogen-bond donors (Lipinski definition) is 3. The Kier molecular flexibility index (Phi) is 5.27. The van der Waals surface area contributed by atoms with Gasteiger partial charge in [-0.05, 0) is 44.6 Å². The minimum absolute atomic E-state index is 0.166. The van der Waals surface area contributed by atoms with Crippen LogP contribution in [0.3, 0.4) is 0 Å². The maximum Gasteiger partial charge on any atom is 0.226 e. The Balaban J connectivity index is 1.20. The first-order valence-corrected chi connectivity index (χ1v) is 12.1. The molecule has 1 aliphatic carbocycles. The lowest BCUT2D eigenvalue weighted by Crippen LogP contribution is -2.37. The highest BCUT2D eigenvalue weighted by molar-refractivity contribution is 6.00. The Morgan fingerprint density at radius 3 is 2.71 bits per heavy atom. The standard InChI is InChI=1S/C24H29N9O/c1-25-21-20-17(18-9-13-33-19(29-18)8-10-27-33)14-26-22(20)31-24(30-21)28-16-6-4-15(5-7-16)23(34)32-11-2-3-12-32/h8-10,13-16H,2-7,11-12H2,1H3,(H3,25,26,28,30,31)/t15-,16-. The summed E-state index contributed by atoms with van der Waals surface area (Å²) in [4.78, 5) is 32.3. The smallest absolute Gasteiger partial charge is 0.226 e. The minimum Gasteiger partial charge on any atom is -0.372 e. The summed E-state index contributed by atoms with van der Waals surface area (Å²) in [6.07, 6.45) is 11.6. The van der Waals surface area contributed by atoms with Gasteiger partial charge in [0.2, 0.25) is 11.9 Å². The Morgan fingerprint density at radius 1 is 1.09 bits per heavy atom. The Labute approximate surface area is 197 Å². The maximum atomic E-state index is 12.7. The molecule has 1 saturated carbocycles. The highest BCUT2D eigenvalue weighted by Crippen LogP contribution is 2.33. The third-order valence-corrected chi connectivity index (χ3v) is 7.13. The van der Waals surface area contributed by atoms with Gasteiger partial charge in [-0.25, -0.2) is 9.50 Å². The van der Waals surface area contributed by atoms with E-state index in [1.807, 2.05) is 31.6 Å². The second-order valence-corrected chi connectivity index (χ2v) is 9.24. The van der Waals surface area contributed by atoms with Crippen LogP contribution >= 0.6 is 0 Å². The van der Waals surface area contributed by atoms with Crippen molar-refractivity contribution in [2.75, 3.05) is 30.8 Å². The zero-order chi connectivity index (χ0) is 23.1.